The highest BCUT2D eigenvalue weighted by atomic mass is 35.5. The van der Waals surface area contributed by atoms with Gasteiger partial charge in [-0.25, -0.2) is 0 Å². The predicted octanol–water partition coefficient (Wildman–Crippen LogP) is 1.08. The number of amides is 1. The number of nitrogens with one attached hydrogen (secondary N) is 1. The minimum Gasteiger partial charge on any atom is -0.368 e. The maximum absolute atomic E-state index is 11.7. The van der Waals surface area contributed by atoms with Gasteiger partial charge in [0, 0.05) is 31.2 Å². The molecule has 1 aromatic rings. The molecule has 0 aliphatic carbocycles. The van der Waals surface area contributed by atoms with E-state index in [9.17, 15) is 4.79 Å². The summed E-state index contributed by atoms with van der Waals surface area (Å²) in [5, 5.41) is 3.94. The molecule has 1 fully saturated rings. The van der Waals surface area contributed by atoms with Crippen LogP contribution in [-0.2, 0) is 4.79 Å². The predicted molar refractivity (Wildman–Crippen MR) is 72.6 cm³/mol. The quantitative estimate of drug-likeness (QED) is 0.862. The van der Waals surface area contributed by atoms with Crippen molar-refractivity contribution in [3.8, 4) is 0 Å². The Morgan fingerprint density at radius 1 is 1.44 bits per heavy atom. The number of rotatable bonds is 3. The fraction of sp³-hybridized carbons (Fsp3) is 0.462. The van der Waals surface area contributed by atoms with Gasteiger partial charge < -0.3 is 11.1 Å². The number of hydrogen-bond donors (Lipinski definition) is 2. The van der Waals surface area contributed by atoms with Gasteiger partial charge in [0.2, 0.25) is 5.91 Å². The van der Waals surface area contributed by atoms with Crippen molar-refractivity contribution in [1.29, 1.82) is 0 Å². The van der Waals surface area contributed by atoms with Crippen LogP contribution >= 0.6 is 11.6 Å². The normalized spacial score (nSPS) is 18.6. The Balaban J connectivity index is 2.28. The lowest BCUT2D eigenvalue weighted by molar-refractivity contribution is -0.123. The maximum Gasteiger partial charge on any atom is 0.239 e. The zero-order valence-electron chi connectivity index (χ0n) is 10.4. The number of aryl methyl sites for hydroxylation is 1. The van der Waals surface area contributed by atoms with E-state index >= 15 is 0 Å². The third-order valence-electron chi connectivity index (χ3n) is 3.30. The fourth-order valence-corrected chi connectivity index (χ4v) is 2.46. The average Bonchev–Trinajstić information content (AvgIpc) is 2.35. The van der Waals surface area contributed by atoms with Crippen molar-refractivity contribution in [3.63, 3.8) is 0 Å². The maximum atomic E-state index is 11.7. The van der Waals surface area contributed by atoms with E-state index in [2.05, 4.69) is 10.2 Å². The molecule has 2 rings (SSSR count). The van der Waals surface area contributed by atoms with Gasteiger partial charge >= 0.3 is 0 Å². The summed E-state index contributed by atoms with van der Waals surface area (Å²) in [6, 6.07) is 5.31. The monoisotopic (exact) mass is 267 g/mol. The molecule has 1 aromatic carbocycles. The van der Waals surface area contributed by atoms with Crippen LogP contribution in [0.3, 0.4) is 0 Å². The Labute approximate surface area is 112 Å². The second kappa shape index (κ2) is 5.69. The summed E-state index contributed by atoms with van der Waals surface area (Å²) in [6.07, 6.45) is 0. The first-order chi connectivity index (χ1) is 8.59. The molecule has 1 saturated heterocycles. The lowest BCUT2D eigenvalue weighted by Crippen LogP contribution is -2.48. The van der Waals surface area contributed by atoms with Crippen LogP contribution in [0.15, 0.2) is 18.2 Å². The van der Waals surface area contributed by atoms with Gasteiger partial charge in [0.15, 0.2) is 0 Å². The van der Waals surface area contributed by atoms with Crippen LogP contribution in [0.25, 0.3) is 0 Å². The third kappa shape index (κ3) is 2.83. The molecule has 0 spiro atoms. The topological polar surface area (TPSA) is 58.4 Å². The molecule has 0 aromatic heterocycles. The first-order valence-corrected chi connectivity index (χ1v) is 6.47. The molecule has 1 heterocycles. The van der Waals surface area contributed by atoms with Gasteiger partial charge in [0.05, 0.1) is 0 Å². The standard InChI is InChI=1S/C13H18ClN3O/c1-9-2-3-10(8-11(9)14)12(13(15)18)17-6-4-16-5-7-17/h2-3,8,12,16H,4-7H2,1H3,(H2,15,18). The smallest absolute Gasteiger partial charge is 0.239 e. The molecular formula is C13H18ClN3O. The summed E-state index contributed by atoms with van der Waals surface area (Å²) < 4.78 is 0. The molecule has 1 atom stereocenters. The minimum absolute atomic E-state index is 0.322. The van der Waals surface area contributed by atoms with Crippen molar-refractivity contribution in [2.45, 2.75) is 13.0 Å². The number of hydrogen-bond acceptors (Lipinski definition) is 3. The van der Waals surface area contributed by atoms with E-state index < -0.39 is 0 Å². The van der Waals surface area contributed by atoms with Crippen molar-refractivity contribution in [2.75, 3.05) is 26.2 Å². The summed E-state index contributed by atoms with van der Waals surface area (Å²) >= 11 is 6.12. The Bertz CT molecular complexity index is 444. The number of carbonyl (C=O) groups excluding carboxylic acids is 1. The Morgan fingerprint density at radius 3 is 2.67 bits per heavy atom. The van der Waals surface area contributed by atoms with Crippen LogP contribution < -0.4 is 11.1 Å². The van der Waals surface area contributed by atoms with Crippen LogP contribution in [0, 0.1) is 6.92 Å². The van der Waals surface area contributed by atoms with Crippen molar-refractivity contribution in [1.82, 2.24) is 10.2 Å². The number of benzene rings is 1. The molecule has 1 aliphatic heterocycles. The Morgan fingerprint density at radius 2 is 2.11 bits per heavy atom. The molecule has 0 bridgehead atoms. The van der Waals surface area contributed by atoms with Gasteiger partial charge in [-0.2, -0.15) is 0 Å². The summed E-state index contributed by atoms with van der Waals surface area (Å²) in [7, 11) is 0. The molecule has 0 saturated carbocycles. The first kappa shape index (κ1) is 13.3. The number of nitrogens with zero attached hydrogens (tertiary/aromatic N) is 1. The number of halogens is 1. The number of carbonyl (C=O) groups is 1. The summed E-state index contributed by atoms with van der Waals surface area (Å²) in [6.45, 7) is 5.33. The van der Waals surface area contributed by atoms with Crippen LogP contribution in [0.5, 0.6) is 0 Å². The SMILES string of the molecule is Cc1ccc(C(C(N)=O)N2CCNCC2)cc1Cl. The van der Waals surface area contributed by atoms with E-state index in [0.717, 1.165) is 37.3 Å². The van der Waals surface area contributed by atoms with Crippen LogP contribution in [-0.4, -0.2) is 37.0 Å². The molecular weight excluding hydrogens is 250 g/mol. The average molecular weight is 268 g/mol. The molecule has 1 unspecified atom stereocenters. The summed E-state index contributed by atoms with van der Waals surface area (Å²) in [5.74, 6) is -0.322. The van der Waals surface area contributed by atoms with E-state index in [1.54, 1.807) is 0 Å². The largest absolute Gasteiger partial charge is 0.368 e. The Kier molecular flexibility index (Phi) is 4.22. The molecule has 5 heteroatoms. The lowest BCUT2D eigenvalue weighted by Gasteiger charge is -2.33. The summed E-state index contributed by atoms with van der Waals surface area (Å²) in [4.78, 5) is 13.8. The van der Waals surface area contributed by atoms with Crippen LogP contribution in [0.1, 0.15) is 17.2 Å². The minimum atomic E-state index is -0.384. The van der Waals surface area contributed by atoms with Crippen LogP contribution in [0.2, 0.25) is 5.02 Å². The van der Waals surface area contributed by atoms with E-state index in [-0.39, 0.29) is 11.9 Å². The number of nitrogens with two attached hydrogens (primary N) is 1. The second-order valence-electron chi connectivity index (χ2n) is 4.60. The second-order valence-corrected chi connectivity index (χ2v) is 5.01. The van der Waals surface area contributed by atoms with Gasteiger partial charge in [-0.15, -0.1) is 0 Å². The highest BCUT2D eigenvalue weighted by Gasteiger charge is 2.27. The highest BCUT2D eigenvalue weighted by molar-refractivity contribution is 6.31. The van der Waals surface area contributed by atoms with Crippen LogP contribution in [0.4, 0.5) is 0 Å². The number of piperazine rings is 1. The van der Waals surface area contributed by atoms with Gasteiger partial charge in [-0.05, 0) is 24.1 Å². The zero-order chi connectivity index (χ0) is 13.1. The van der Waals surface area contributed by atoms with E-state index in [0.29, 0.717) is 5.02 Å². The van der Waals surface area contributed by atoms with Crippen molar-refractivity contribution < 1.29 is 4.79 Å². The number of primary amides is 1. The van der Waals surface area contributed by atoms with Crippen molar-refractivity contribution in [3.05, 3.63) is 34.3 Å². The van der Waals surface area contributed by atoms with Gasteiger partial charge in [0.25, 0.3) is 0 Å². The molecule has 0 radical (unpaired) electrons. The lowest BCUT2D eigenvalue weighted by atomic mass is 10.0. The fourth-order valence-electron chi connectivity index (χ4n) is 2.27. The molecule has 98 valence electrons. The third-order valence-corrected chi connectivity index (χ3v) is 3.71. The molecule has 18 heavy (non-hydrogen) atoms. The van der Waals surface area contributed by atoms with E-state index in [1.807, 2.05) is 25.1 Å². The van der Waals surface area contributed by atoms with Gasteiger partial charge in [-0.3, -0.25) is 9.69 Å². The van der Waals surface area contributed by atoms with Crippen molar-refractivity contribution >= 4 is 17.5 Å². The van der Waals surface area contributed by atoms with Gasteiger partial charge in [-0.1, -0.05) is 23.7 Å². The van der Waals surface area contributed by atoms with Crippen molar-refractivity contribution in [2.24, 2.45) is 5.73 Å². The molecule has 1 amide bonds. The van der Waals surface area contributed by atoms with E-state index in [4.69, 9.17) is 17.3 Å². The van der Waals surface area contributed by atoms with Gasteiger partial charge in [0.1, 0.15) is 6.04 Å². The molecule has 4 nitrogen and oxygen atoms in total. The summed E-state index contributed by atoms with van der Waals surface area (Å²) in [5.41, 5.74) is 7.42. The molecule has 1 aliphatic rings. The first-order valence-electron chi connectivity index (χ1n) is 6.09. The zero-order valence-corrected chi connectivity index (χ0v) is 11.2. The highest BCUT2D eigenvalue weighted by Crippen LogP contribution is 2.25. The van der Waals surface area contributed by atoms with E-state index in [1.165, 1.54) is 0 Å². The Hall–Kier alpha value is -1.10. The molecule has 3 N–H and O–H groups in total.